The Morgan fingerprint density at radius 3 is 2.45 bits per heavy atom. The van der Waals surface area contributed by atoms with Crippen LogP contribution in [0, 0.1) is 0 Å². The Kier molecular flexibility index (Phi) is 4.41. The molecule has 2 saturated heterocycles. The molecule has 6 heteroatoms. The molecule has 3 heterocycles. The minimum Gasteiger partial charge on any atom is -0.376 e. The summed E-state index contributed by atoms with van der Waals surface area (Å²) in [6, 6.07) is 0.664. The van der Waals surface area contributed by atoms with Crippen LogP contribution in [0.5, 0.6) is 0 Å². The van der Waals surface area contributed by atoms with Crippen LogP contribution in [0.3, 0.4) is 0 Å². The summed E-state index contributed by atoms with van der Waals surface area (Å²) in [5.74, 6) is 1.46. The summed E-state index contributed by atoms with van der Waals surface area (Å²) in [5, 5.41) is 4.16. The lowest BCUT2D eigenvalue weighted by Gasteiger charge is -2.41. The third-order valence-electron chi connectivity index (χ3n) is 4.59. The molecule has 1 atom stereocenters. The first-order chi connectivity index (χ1) is 10.4. The molecule has 1 aromatic heterocycles. The third-order valence-corrected chi connectivity index (χ3v) is 4.59. The van der Waals surface area contributed by atoms with Crippen LogP contribution in [-0.4, -0.2) is 60.0 Å². The summed E-state index contributed by atoms with van der Waals surface area (Å²) in [6.07, 6.45) is 2.68. The van der Waals surface area contributed by atoms with E-state index in [-0.39, 0.29) is 5.41 Å². The zero-order valence-corrected chi connectivity index (χ0v) is 14.2. The van der Waals surface area contributed by atoms with Gasteiger partial charge in [0.05, 0.1) is 12.7 Å². The number of ether oxygens (including phenoxy) is 1. The Morgan fingerprint density at radius 1 is 1.14 bits per heavy atom. The van der Waals surface area contributed by atoms with E-state index in [2.05, 4.69) is 47.6 Å². The van der Waals surface area contributed by atoms with Gasteiger partial charge in [-0.25, -0.2) is 0 Å². The van der Waals surface area contributed by atoms with Crippen molar-refractivity contribution in [2.24, 2.45) is 0 Å². The molecule has 0 spiro atoms. The number of anilines is 1. The maximum Gasteiger partial charge on any atom is 0.266 e. The normalized spacial score (nSPS) is 25.6. The highest BCUT2D eigenvalue weighted by Crippen LogP contribution is 2.25. The molecule has 124 valence electrons. The fourth-order valence-electron chi connectivity index (χ4n) is 3.26. The molecule has 0 N–H and O–H groups in total. The van der Waals surface area contributed by atoms with E-state index in [1.165, 1.54) is 0 Å². The molecule has 0 bridgehead atoms. The Morgan fingerprint density at radius 2 is 1.86 bits per heavy atom. The van der Waals surface area contributed by atoms with Crippen LogP contribution in [0.25, 0.3) is 0 Å². The van der Waals surface area contributed by atoms with Crippen LogP contribution in [0.15, 0.2) is 4.52 Å². The molecule has 6 nitrogen and oxygen atoms in total. The highest BCUT2D eigenvalue weighted by atomic mass is 16.5. The zero-order valence-electron chi connectivity index (χ0n) is 14.2. The summed E-state index contributed by atoms with van der Waals surface area (Å²) < 4.78 is 11.0. The largest absolute Gasteiger partial charge is 0.376 e. The first-order valence-electron chi connectivity index (χ1n) is 8.38. The number of piperidine rings is 1. The van der Waals surface area contributed by atoms with Gasteiger partial charge in [-0.3, -0.25) is 4.90 Å². The predicted molar refractivity (Wildman–Crippen MR) is 85.2 cm³/mol. The molecular formula is C16H28N4O2. The van der Waals surface area contributed by atoms with Crippen molar-refractivity contribution in [1.82, 2.24) is 15.0 Å². The number of hydrogen-bond donors (Lipinski definition) is 0. The van der Waals surface area contributed by atoms with E-state index in [0.717, 1.165) is 51.6 Å². The van der Waals surface area contributed by atoms with Gasteiger partial charge in [0.2, 0.25) is 5.89 Å². The van der Waals surface area contributed by atoms with E-state index in [1.807, 2.05) is 0 Å². The number of rotatable bonds is 2. The first kappa shape index (κ1) is 15.7. The summed E-state index contributed by atoms with van der Waals surface area (Å²) in [6.45, 7) is 13.4. The average molecular weight is 308 g/mol. The van der Waals surface area contributed by atoms with Gasteiger partial charge in [-0.1, -0.05) is 20.8 Å². The van der Waals surface area contributed by atoms with E-state index < -0.39 is 0 Å². The first-order valence-corrected chi connectivity index (χ1v) is 8.38. The molecule has 1 aromatic rings. The smallest absolute Gasteiger partial charge is 0.266 e. The maximum atomic E-state index is 5.64. The second kappa shape index (κ2) is 6.16. The van der Waals surface area contributed by atoms with Gasteiger partial charge in [-0.15, -0.1) is 0 Å². The monoisotopic (exact) mass is 308 g/mol. The van der Waals surface area contributed by atoms with E-state index >= 15 is 0 Å². The molecule has 2 fully saturated rings. The lowest BCUT2D eigenvalue weighted by Crippen LogP contribution is -2.51. The van der Waals surface area contributed by atoms with Crippen LogP contribution in [-0.2, 0) is 10.2 Å². The highest BCUT2D eigenvalue weighted by Gasteiger charge is 2.30. The van der Waals surface area contributed by atoms with Crippen LogP contribution in [0.2, 0.25) is 0 Å². The molecule has 0 aromatic carbocycles. The number of aromatic nitrogens is 2. The topological polar surface area (TPSA) is 54.6 Å². The quantitative estimate of drug-likeness (QED) is 0.833. The summed E-state index contributed by atoms with van der Waals surface area (Å²) >= 11 is 0. The van der Waals surface area contributed by atoms with Crippen molar-refractivity contribution in [3.05, 3.63) is 5.89 Å². The average Bonchev–Trinajstić information content (AvgIpc) is 2.97. The van der Waals surface area contributed by atoms with Gasteiger partial charge < -0.3 is 14.2 Å². The van der Waals surface area contributed by atoms with Crippen molar-refractivity contribution < 1.29 is 9.26 Å². The standard InChI is InChI=1S/C16H28N4O2/c1-12-11-20(9-10-21-12)13-5-7-19(8-6-13)15-17-14(22-18-15)16(2,3)4/h12-13H,5-11H2,1-4H3. The number of hydrogen-bond acceptors (Lipinski definition) is 6. The van der Waals surface area contributed by atoms with E-state index in [1.54, 1.807) is 0 Å². The number of nitrogens with zero attached hydrogens (tertiary/aromatic N) is 4. The molecule has 2 aliphatic heterocycles. The van der Waals surface area contributed by atoms with Crippen LogP contribution in [0.1, 0.15) is 46.4 Å². The zero-order chi connectivity index (χ0) is 15.7. The van der Waals surface area contributed by atoms with Crippen molar-refractivity contribution in [2.75, 3.05) is 37.7 Å². The van der Waals surface area contributed by atoms with Gasteiger partial charge >= 0.3 is 0 Å². The third kappa shape index (κ3) is 3.43. The molecule has 3 rings (SSSR count). The van der Waals surface area contributed by atoms with Gasteiger partial charge in [0, 0.05) is 37.6 Å². The summed E-state index contributed by atoms with van der Waals surface area (Å²) in [7, 11) is 0. The molecule has 0 saturated carbocycles. The second-order valence-corrected chi connectivity index (χ2v) is 7.54. The highest BCUT2D eigenvalue weighted by molar-refractivity contribution is 5.29. The van der Waals surface area contributed by atoms with Crippen LogP contribution < -0.4 is 4.90 Å². The van der Waals surface area contributed by atoms with Crippen molar-refractivity contribution >= 4 is 5.95 Å². The lowest BCUT2D eigenvalue weighted by atomic mass is 9.97. The molecule has 22 heavy (non-hydrogen) atoms. The molecule has 0 radical (unpaired) electrons. The minimum absolute atomic E-state index is 0.0898. The molecular weight excluding hydrogens is 280 g/mol. The Labute approximate surface area is 132 Å². The molecule has 2 aliphatic rings. The minimum atomic E-state index is -0.0898. The SMILES string of the molecule is CC1CN(C2CCN(c3noc(C(C)(C)C)n3)CC2)CCO1. The van der Waals surface area contributed by atoms with Gasteiger partial charge in [0.25, 0.3) is 5.95 Å². The molecule has 0 amide bonds. The van der Waals surface area contributed by atoms with E-state index in [4.69, 9.17) is 9.26 Å². The van der Waals surface area contributed by atoms with Gasteiger partial charge in [-0.2, -0.15) is 4.98 Å². The maximum absolute atomic E-state index is 5.64. The predicted octanol–water partition coefficient (Wildman–Crippen LogP) is 2.06. The Hall–Kier alpha value is -1.14. The Balaban J connectivity index is 1.56. The van der Waals surface area contributed by atoms with Crippen molar-refractivity contribution in [3.8, 4) is 0 Å². The number of morpholine rings is 1. The summed E-state index contributed by atoms with van der Waals surface area (Å²) in [4.78, 5) is 9.40. The van der Waals surface area contributed by atoms with E-state index in [9.17, 15) is 0 Å². The van der Waals surface area contributed by atoms with Gasteiger partial charge in [0.1, 0.15) is 0 Å². The fraction of sp³-hybridized carbons (Fsp3) is 0.875. The summed E-state index contributed by atoms with van der Waals surface area (Å²) in [5.41, 5.74) is -0.0898. The lowest BCUT2D eigenvalue weighted by molar-refractivity contribution is -0.0374. The molecule has 0 aliphatic carbocycles. The van der Waals surface area contributed by atoms with Crippen molar-refractivity contribution in [1.29, 1.82) is 0 Å². The van der Waals surface area contributed by atoms with Gasteiger partial charge in [-0.05, 0) is 24.9 Å². The second-order valence-electron chi connectivity index (χ2n) is 7.54. The molecule has 1 unspecified atom stereocenters. The van der Waals surface area contributed by atoms with Crippen LogP contribution in [0.4, 0.5) is 5.95 Å². The van der Waals surface area contributed by atoms with E-state index in [0.29, 0.717) is 18.0 Å². The Bertz CT molecular complexity index is 489. The van der Waals surface area contributed by atoms with Crippen molar-refractivity contribution in [2.45, 2.75) is 58.1 Å². The fourth-order valence-corrected chi connectivity index (χ4v) is 3.26. The van der Waals surface area contributed by atoms with Crippen molar-refractivity contribution in [3.63, 3.8) is 0 Å². The van der Waals surface area contributed by atoms with Crippen LogP contribution >= 0.6 is 0 Å². The van der Waals surface area contributed by atoms with Gasteiger partial charge in [0.15, 0.2) is 0 Å².